The maximum atomic E-state index is 13.1. The molecule has 0 amide bonds. The van der Waals surface area contributed by atoms with Crippen LogP contribution in [0.1, 0.15) is 12.5 Å². The van der Waals surface area contributed by atoms with Crippen molar-refractivity contribution in [2.75, 3.05) is 11.1 Å². The minimum absolute atomic E-state index is 0.303. The van der Waals surface area contributed by atoms with E-state index < -0.39 is 0 Å². The van der Waals surface area contributed by atoms with E-state index >= 15 is 0 Å². The predicted molar refractivity (Wildman–Crippen MR) is 93.4 cm³/mol. The van der Waals surface area contributed by atoms with Gasteiger partial charge < -0.3 is 11.1 Å². The number of anilines is 2. The van der Waals surface area contributed by atoms with Gasteiger partial charge in [-0.15, -0.1) is 11.8 Å². The van der Waals surface area contributed by atoms with Crippen molar-refractivity contribution in [2.24, 2.45) is 5.73 Å². The standard InChI is InChI=1S/C15H14ClFN2S2/c1-2-21-13-5-3-4-12(14(13)15(18)20)19-11-7-6-9(17)8-10(11)16/h3-8,19H,2H2,1H3,(H2,18,20). The van der Waals surface area contributed by atoms with Crippen molar-refractivity contribution in [3.8, 4) is 0 Å². The van der Waals surface area contributed by atoms with Gasteiger partial charge in [-0.25, -0.2) is 4.39 Å². The van der Waals surface area contributed by atoms with Crippen LogP contribution in [0.3, 0.4) is 0 Å². The molecular weight excluding hydrogens is 327 g/mol. The van der Waals surface area contributed by atoms with Crippen LogP contribution in [0, 0.1) is 5.82 Å². The molecule has 2 rings (SSSR count). The van der Waals surface area contributed by atoms with Crippen molar-refractivity contribution < 1.29 is 4.39 Å². The molecule has 0 bridgehead atoms. The number of halogens is 2. The van der Waals surface area contributed by atoms with E-state index in [2.05, 4.69) is 12.2 Å². The van der Waals surface area contributed by atoms with Gasteiger partial charge >= 0.3 is 0 Å². The molecule has 3 N–H and O–H groups in total. The zero-order valence-corrected chi connectivity index (χ0v) is 13.7. The fraction of sp³-hybridized carbons (Fsp3) is 0.133. The van der Waals surface area contributed by atoms with Crippen molar-refractivity contribution in [1.82, 2.24) is 0 Å². The number of nitrogens with two attached hydrogens (primary N) is 1. The van der Waals surface area contributed by atoms with Crippen LogP contribution in [-0.4, -0.2) is 10.7 Å². The molecule has 0 saturated heterocycles. The quantitative estimate of drug-likeness (QED) is 0.595. The second-order valence-electron chi connectivity index (χ2n) is 4.23. The van der Waals surface area contributed by atoms with E-state index in [9.17, 15) is 4.39 Å². The highest BCUT2D eigenvalue weighted by molar-refractivity contribution is 7.99. The van der Waals surface area contributed by atoms with Gasteiger partial charge in [0.15, 0.2) is 0 Å². The second kappa shape index (κ2) is 7.11. The molecule has 2 aromatic carbocycles. The van der Waals surface area contributed by atoms with E-state index in [-0.39, 0.29) is 5.82 Å². The molecule has 110 valence electrons. The van der Waals surface area contributed by atoms with E-state index in [4.69, 9.17) is 29.6 Å². The summed E-state index contributed by atoms with van der Waals surface area (Å²) < 4.78 is 13.1. The Balaban J connectivity index is 2.43. The lowest BCUT2D eigenvalue weighted by molar-refractivity contribution is 0.628. The fourth-order valence-corrected chi connectivity index (χ4v) is 3.25. The Morgan fingerprint density at radius 3 is 2.71 bits per heavy atom. The Labute approximate surface area is 137 Å². The highest BCUT2D eigenvalue weighted by Crippen LogP contribution is 2.32. The summed E-state index contributed by atoms with van der Waals surface area (Å²) in [6.45, 7) is 2.06. The van der Waals surface area contributed by atoms with Crippen molar-refractivity contribution in [1.29, 1.82) is 0 Å². The summed E-state index contributed by atoms with van der Waals surface area (Å²) in [5.41, 5.74) is 7.99. The molecule has 2 nitrogen and oxygen atoms in total. The van der Waals surface area contributed by atoms with Crippen LogP contribution in [0.2, 0.25) is 5.02 Å². The zero-order valence-electron chi connectivity index (χ0n) is 11.3. The highest BCUT2D eigenvalue weighted by atomic mass is 35.5. The number of benzene rings is 2. The van der Waals surface area contributed by atoms with Crippen LogP contribution >= 0.6 is 35.6 Å². The first kappa shape index (κ1) is 16.1. The van der Waals surface area contributed by atoms with Gasteiger partial charge in [0.2, 0.25) is 0 Å². The van der Waals surface area contributed by atoms with E-state index in [1.165, 1.54) is 12.1 Å². The highest BCUT2D eigenvalue weighted by Gasteiger charge is 2.12. The summed E-state index contributed by atoms with van der Waals surface area (Å²) in [5, 5.41) is 3.47. The third-order valence-corrected chi connectivity index (χ3v) is 4.23. The average Bonchev–Trinajstić information content (AvgIpc) is 2.42. The van der Waals surface area contributed by atoms with Crippen molar-refractivity contribution in [3.63, 3.8) is 0 Å². The van der Waals surface area contributed by atoms with E-state index in [0.717, 1.165) is 21.9 Å². The van der Waals surface area contributed by atoms with E-state index in [1.807, 2.05) is 18.2 Å². The molecule has 0 fully saturated rings. The maximum Gasteiger partial charge on any atom is 0.124 e. The van der Waals surface area contributed by atoms with Gasteiger partial charge in [0.05, 0.1) is 10.7 Å². The number of thioether (sulfide) groups is 1. The van der Waals surface area contributed by atoms with Gasteiger partial charge in [-0.05, 0) is 36.1 Å². The van der Waals surface area contributed by atoms with Crippen LogP contribution < -0.4 is 11.1 Å². The molecule has 0 atom stereocenters. The molecular formula is C15H14ClFN2S2. The zero-order chi connectivity index (χ0) is 15.4. The first-order valence-corrected chi connectivity index (χ1v) is 8.07. The second-order valence-corrected chi connectivity index (χ2v) is 6.38. The molecule has 0 radical (unpaired) electrons. The van der Waals surface area contributed by atoms with Gasteiger partial charge in [0, 0.05) is 16.1 Å². The number of rotatable bonds is 5. The van der Waals surface area contributed by atoms with Crippen LogP contribution in [0.4, 0.5) is 15.8 Å². The Bertz CT molecular complexity index is 677. The maximum absolute atomic E-state index is 13.1. The predicted octanol–water partition coefficient (Wildman–Crippen LogP) is 4.97. The first-order chi connectivity index (χ1) is 10.0. The number of hydrogen-bond donors (Lipinski definition) is 2. The third-order valence-electron chi connectivity index (χ3n) is 2.77. The van der Waals surface area contributed by atoms with Crippen molar-refractivity contribution in [2.45, 2.75) is 11.8 Å². The molecule has 0 saturated carbocycles. The van der Waals surface area contributed by atoms with E-state index in [1.54, 1.807) is 17.8 Å². The molecule has 2 aromatic rings. The summed E-state index contributed by atoms with van der Waals surface area (Å²) in [6, 6.07) is 9.95. The minimum Gasteiger partial charge on any atom is -0.389 e. The van der Waals surface area contributed by atoms with Crippen LogP contribution in [0.15, 0.2) is 41.3 Å². The Kier molecular flexibility index (Phi) is 5.45. The molecule has 0 aliphatic rings. The summed E-state index contributed by atoms with van der Waals surface area (Å²) >= 11 is 12.9. The lowest BCUT2D eigenvalue weighted by Gasteiger charge is -2.15. The number of hydrogen-bond acceptors (Lipinski definition) is 3. The van der Waals surface area contributed by atoms with Crippen LogP contribution in [0.25, 0.3) is 0 Å². The molecule has 21 heavy (non-hydrogen) atoms. The minimum atomic E-state index is -0.379. The van der Waals surface area contributed by atoms with E-state index in [0.29, 0.717) is 15.7 Å². The summed E-state index contributed by atoms with van der Waals surface area (Å²) in [6.07, 6.45) is 0. The fourth-order valence-electron chi connectivity index (χ4n) is 1.90. The molecule has 0 aliphatic heterocycles. The molecule has 0 unspecified atom stereocenters. The van der Waals surface area contributed by atoms with Crippen molar-refractivity contribution >= 4 is 51.9 Å². The molecule has 0 aliphatic carbocycles. The topological polar surface area (TPSA) is 38.0 Å². The van der Waals surface area contributed by atoms with Gasteiger partial charge in [-0.3, -0.25) is 0 Å². The monoisotopic (exact) mass is 340 g/mol. The summed E-state index contributed by atoms with van der Waals surface area (Å²) in [7, 11) is 0. The Hall–Kier alpha value is -1.30. The normalized spacial score (nSPS) is 10.4. The number of nitrogens with one attached hydrogen (secondary N) is 1. The molecule has 0 spiro atoms. The van der Waals surface area contributed by atoms with Crippen LogP contribution in [-0.2, 0) is 0 Å². The Morgan fingerprint density at radius 2 is 2.10 bits per heavy atom. The van der Waals surface area contributed by atoms with Crippen LogP contribution in [0.5, 0.6) is 0 Å². The summed E-state index contributed by atoms with van der Waals surface area (Å²) in [5.74, 6) is 0.534. The average molecular weight is 341 g/mol. The third kappa shape index (κ3) is 3.87. The molecule has 0 aromatic heterocycles. The molecule has 0 heterocycles. The van der Waals surface area contributed by atoms with Gasteiger partial charge in [-0.1, -0.05) is 36.8 Å². The lowest BCUT2D eigenvalue weighted by Crippen LogP contribution is -2.13. The van der Waals surface area contributed by atoms with Gasteiger partial charge in [0.25, 0.3) is 0 Å². The van der Waals surface area contributed by atoms with Gasteiger partial charge in [0.1, 0.15) is 10.8 Å². The Morgan fingerprint density at radius 1 is 1.33 bits per heavy atom. The first-order valence-electron chi connectivity index (χ1n) is 6.30. The SMILES string of the molecule is CCSc1cccc(Nc2ccc(F)cc2Cl)c1C(N)=S. The largest absolute Gasteiger partial charge is 0.389 e. The number of thiocarbonyl (C=S) groups is 1. The lowest BCUT2D eigenvalue weighted by atomic mass is 10.1. The summed E-state index contributed by atoms with van der Waals surface area (Å²) in [4.78, 5) is 1.32. The van der Waals surface area contributed by atoms with Gasteiger partial charge in [-0.2, -0.15) is 0 Å². The van der Waals surface area contributed by atoms with Crippen molar-refractivity contribution in [3.05, 3.63) is 52.8 Å². The molecule has 6 heteroatoms. The smallest absolute Gasteiger partial charge is 0.124 e.